The second-order valence-electron chi connectivity index (χ2n) is 6.55. The van der Waals surface area contributed by atoms with Crippen LogP contribution in [-0.2, 0) is 24.8 Å². The highest BCUT2D eigenvalue weighted by Gasteiger charge is 2.35. The highest BCUT2D eigenvalue weighted by Crippen LogP contribution is 2.28. The maximum Gasteiger partial charge on any atom is 0.337 e. The predicted octanol–water partition coefficient (Wildman–Crippen LogP) is 1.69. The van der Waals surface area contributed by atoms with Crippen molar-refractivity contribution in [1.82, 2.24) is 8.61 Å². The number of piperazine rings is 1. The molecule has 0 saturated carbocycles. The van der Waals surface area contributed by atoms with Gasteiger partial charge in [-0.2, -0.15) is 13.9 Å². The summed E-state index contributed by atoms with van der Waals surface area (Å²) in [6.07, 6.45) is 0. The molecule has 1 saturated heterocycles. The smallest absolute Gasteiger partial charge is 0.337 e. The highest BCUT2D eigenvalue weighted by atomic mass is 35.5. The van der Waals surface area contributed by atoms with E-state index in [0.29, 0.717) is 0 Å². The van der Waals surface area contributed by atoms with Crippen LogP contribution in [0.1, 0.15) is 15.9 Å². The highest BCUT2D eigenvalue weighted by molar-refractivity contribution is 7.89. The van der Waals surface area contributed by atoms with E-state index in [1.165, 1.54) is 37.4 Å². The first-order valence-corrected chi connectivity index (χ1v) is 12.3. The number of nitriles is 1. The van der Waals surface area contributed by atoms with Gasteiger partial charge in [-0.25, -0.2) is 21.6 Å². The van der Waals surface area contributed by atoms with Crippen molar-refractivity contribution >= 4 is 37.6 Å². The Morgan fingerprint density at radius 3 is 2.06 bits per heavy atom. The molecule has 1 heterocycles. The molecular weight excluding hydrogens is 466 g/mol. The Labute approximate surface area is 185 Å². The fourth-order valence-corrected chi connectivity index (χ4v) is 6.65. The van der Waals surface area contributed by atoms with E-state index in [1.807, 2.05) is 6.07 Å². The van der Waals surface area contributed by atoms with Gasteiger partial charge in [-0.15, -0.1) is 0 Å². The van der Waals surface area contributed by atoms with E-state index in [4.69, 9.17) is 11.6 Å². The SMILES string of the molecule is COC(=O)c1ccc(Cl)c(S(=O)(=O)N2CCN(S(=O)(=O)c3ccccc3C#N)CC2)c1. The van der Waals surface area contributed by atoms with Crippen LogP contribution in [0.2, 0.25) is 5.02 Å². The Bertz CT molecular complexity index is 1260. The molecule has 0 spiro atoms. The zero-order chi connectivity index (χ0) is 22.8. The predicted molar refractivity (Wildman–Crippen MR) is 111 cm³/mol. The standard InChI is InChI=1S/C19H18ClN3O6S2/c1-29-19(24)14-6-7-16(20)18(12-14)31(27,28)23-10-8-22(9-11-23)30(25,26)17-5-3-2-4-15(17)13-21/h2-7,12H,8-11H2,1H3. The van der Waals surface area contributed by atoms with E-state index < -0.39 is 26.0 Å². The maximum atomic E-state index is 13.1. The Hall–Kier alpha value is -2.49. The number of hydrogen-bond acceptors (Lipinski definition) is 7. The first-order valence-electron chi connectivity index (χ1n) is 9.00. The second-order valence-corrected chi connectivity index (χ2v) is 10.8. The zero-order valence-corrected chi connectivity index (χ0v) is 18.7. The first kappa shape index (κ1) is 23.2. The van der Waals surface area contributed by atoms with Crippen molar-refractivity contribution < 1.29 is 26.4 Å². The van der Waals surface area contributed by atoms with Crippen LogP contribution in [0.5, 0.6) is 0 Å². The molecule has 2 aromatic carbocycles. The van der Waals surface area contributed by atoms with Crippen molar-refractivity contribution in [2.45, 2.75) is 9.79 Å². The van der Waals surface area contributed by atoms with Gasteiger partial charge in [0.1, 0.15) is 11.0 Å². The van der Waals surface area contributed by atoms with Crippen molar-refractivity contribution in [3.8, 4) is 6.07 Å². The lowest BCUT2D eigenvalue weighted by Crippen LogP contribution is -2.50. The van der Waals surface area contributed by atoms with Gasteiger partial charge in [-0.05, 0) is 30.3 Å². The van der Waals surface area contributed by atoms with E-state index in [0.717, 1.165) is 14.7 Å². The summed E-state index contributed by atoms with van der Waals surface area (Å²) in [6, 6.07) is 11.5. The lowest BCUT2D eigenvalue weighted by atomic mass is 10.2. The molecule has 31 heavy (non-hydrogen) atoms. The fraction of sp³-hybridized carbons (Fsp3) is 0.263. The summed E-state index contributed by atoms with van der Waals surface area (Å²) in [7, 11) is -6.87. The van der Waals surface area contributed by atoms with Gasteiger partial charge < -0.3 is 4.74 Å². The van der Waals surface area contributed by atoms with E-state index in [-0.39, 0.29) is 52.1 Å². The molecule has 0 N–H and O–H groups in total. The number of esters is 1. The van der Waals surface area contributed by atoms with Crippen LogP contribution < -0.4 is 0 Å². The van der Waals surface area contributed by atoms with Crippen LogP contribution in [0, 0.1) is 11.3 Å². The Kier molecular flexibility index (Phi) is 6.68. The average molecular weight is 484 g/mol. The maximum absolute atomic E-state index is 13.1. The molecule has 164 valence electrons. The molecule has 0 aromatic heterocycles. The Morgan fingerprint density at radius 2 is 1.52 bits per heavy atom. The van der Waals surface area contributed by atoms with Crippen LogP contribution >= 0.6 is 11.6 Å². The molecule has 3 rings (SSSR count). The van der Waals surface area contributed by atoms with Gasteiger partial charge >= 0.3 is 5.97 Å². The molecule has 1 aliphatic rings. The summed E-state index contributed by atoms with van der Waals surface area (Å²) in [6.45, 7) is -0.435. The van der Waals surface area contributed by atoms with Crippen LogP contribution in [0.4, 0.5) is 0 Å². The van der Waals surface area contributed by atoms with Gasteiger partial charge in [-0.3, -0.25) is 0 Å². The minimum absolute atomic E-state index is 0.0176. The number of ether oxygens (including phenoxy) is 1. The molecule has 0 radical (unpaired) electrons. The third-order valence-corrected chi connectivity index (χ3v) is 9.13. The van der Waals surface area contributed by atoms with E-state index in [9.17, 15) is 26.9 Å². The number of hydrogen-bond donors (Lipinski definition) is 0. The van der Waals surface area contributed by atoms with Crippen molar-refractivity contribution in [3.63, 3.8) is 0 Å². The third-order valence-electron chi connectivity index (χ3n) is 4.79. The minimum atomic E-state index is -4.08. The van der Waals surface area contributed by atoms with Crippen molar-refractivity contribution in [3.05, 3.63) is 58.6 Å². The van der Waals surface area contributed by atoms with Gasteiger partial charge in [0.15, 0.2) is 0 Å². The summed E-state index contributed by atoms with van der Waals surface area (Å²) >= 11 is 6.07. The van der Waals surface area contributed by atoms with Crippen LogP contribution in [0.3, 0.4) is 0 Å². The van der Waals surface area contributed by atoms with Gasteiger partial charge in [0.05, 0.1) is 28.2 Å². The number of carbonyl (C=O) groups is 1. The molecule has 0 atom stereocenters. The van der Waals surface area contributed by atoms with Crippen LogP contribution in [-0.4, -0.2) is 64.7 Å². The second kappa shape index (κ2) is 8.94. The molecule has 12 heteroatoms. The van der Waals surface area contributed by atoms with Gasteiger partial charge in [0.2, 0.25) is 20.0 Å². The third kappa shape index (κ3) is 4.44. The monoisotopic (exact) mass is 483 g/mol. The number of sulfonamides is 2. The Balaban J connectivity index is 1.84. The summed E-state index contributed by atoms with van der Waals surface area (Å²) in [4.78, 5) is 11.4. The number of benzene rings is 2. The molecular formula is C19H18ClN3O6S2. The largest absolute Gasteiger partial charge is 0.465 e. The van der Waals surface area contributed by atoms with Gasteiger partial charge in [-0.1, -0.05) is 23.7 Å². The normalized spacial score (nSPS) is 15.9. The Morgan fingerprint density at radius 1 is 0.968 bits per heavy atom. The van der Waals surface area contributed by atoms with Crippen LogP contribution in [0.15, 0.2) is 52.3 Å². The summed E-state index contributed by atoms with van der Waals surface area (Å²) in [5.41, 5.74) is 0.0451. The lowest BCUT2D eigenvalue weighted by Gasteiger charge is -2.33. The first-order chi connectivity index (χ1) is 14.6. The van der Waals surface area contributed by atoms with E-state index in [1.54, 1.807) is 6.07 Å². The van der Waals surface area contributed by atoms with Gasteiger partial charge in [0.25, 0.3) is 0 Å². The summed E-state index contributed by atoms with van der Waals surface area (Å²) in [5, 5.41) is 9.13. The quantitative estimate of drug-likeness (QED) is 0.592. The zero-order valence-electron chi connectivity index (χ0n) is 16.4. The minimum Gasteiger partial charge on any atom is -0.465 e. The van der Waals surface area contributed by atoms with Gasteiger partial charge in [0, 0.05) is 26.2 Å². The average Bonchev–Trinajstić information content (AvgIpc) is 2.78. The summed E-state index contributed by atoms with van der Waals surface area (Å²) in [5.74, 6) is -0.708. The number of nitrogens with zero attached hydrogens (tertiary/aromatic N) is 3. The molecule has 2 aromatic rings. The number of rotatable bonds is 5. The number of halogens is 1. The van der Waals surface area contributed by atoms with Crippen LogP contribution in [0.25, 0.3) is 0 Å². The molecule has 9 nitrogen and oxygen atoms in total. The van der Waals surface area contributed by atoms with Crippen molar-refractivity contribution in [2.24, 2.45) is 0 Å². The molecule has 1 fully saturated rings. The summed E-state index contributed by atoms with van der Waals surface area (Å²) < 4.78 is 58.9. The van der Waals surface area contributed by atoms with E-state index in [2.05, 4.69) is 4.74 Å². The van der Waals surface area contributed by atoms with E-state index >= 15 is 0 Å². The molecule has 0 unspecified atom stereocenters. The number of methoxy groups -OCH3 is 1. The molecule has 1 aliphatic heterocycles. The molecule has 0 amide bonds. The molecule has 0 aliphatic carbocycles. The van der Waals surface area contributed by atoms with Crippen molar-refractivity contribution in [1.29, 1.82) is 5.26 Å². The molecule has 0 bridgehead atoms. The fourth-order valence-electron chi connectivity index (χ4n) is 3.16. The number of carbonyl (C=O) groups excluding carboxylic acids is 1. The van der Waals surface area contributed by atoms with Crippen molar-refractivity contribution in [2.75, 3.05) is 33.3 Å². The topological polar surface area (TPSA) is 125 Å². The lowest BCUT2D eigenvalue weighted by molar-refractivity contribution is 0.0600.